The van der Waals surface area contributed by atoms with Gasteiger partial charge in [0, 0.05) is 25.7 Å². The second-order valence-corrected chi connectivity index (χ2v) is 5.73. The number of carbonyl (C=O) groups excluding carboxylic acids is 1. The van der Waals surface area contributed by atoms with Gasteiger partial charge in [-0.1, -0.05) is 31.4 Å². The number of amides is 1. The lowest BCUT2D eigenvalue weighted by atomic mass is 9.92. The van der Waals surface area contributed by atoms with Crippen LogP contribution in [0.5, 0.6) is 0 Å². The Morgan fingerprint density at radius 3 is 2.75 bits per heavy atom. The van der Waals surface area contributed by atoms with Crippen LogP contribution in [0.3, 0.4) is 0 Å². The molecule has 0 spiro atoms. The molecule has 0 unspecified atom stereocenters. The van der Waals surface area contributed by atoms with E-state index in [9.17, 15) is 4.79 Å². The molecule has 1 aromatic heterocycles. The first-order valence-corrected chi connectivity index (χ1v) is 7.66. The van der Waals surface area contributed by atoms with Gasteiger partial charge in [0.1, 0.15) is 11.0 Å². The molecule has 2 heterocycles. The van der Waals surface area contributed by atoms with E-state index < -0.39 is 0 Å². The van der Waals surface area contributed by atoms with E-state index in [4.69, 9.17) is 11.6 Å². The SMILES string of the molecule is CCCC1CCN(C(=O)c2cc(Cl)nc(NC)c2)CC1. The molecule has 1 aliphatic rings. The van der Waals surface area contributed by atoms with Crippen molar-refractivity contribution in [3.8, 4) is 0 Å². The van der Waals surface area contributed by atoms with Gasteiger partial charge in [0.25, 0.3) is 5.91 Å². The van der Waals surface area contributed by atoms with Crippen LogP contribution in [0.15, 0.2) is 12.1 Å². The summed E-state index contributed by atoms with van der Waals surface area (Å²) in [6.45, 7) is 3.91. The van der Waals surface area contributed by atoms with Crippen molar-refractivity contribution < 1.29 is 4.79 Å². The highest BCUT2D eigenvalue weighted by molar-refractivity contribution is 6.29. The summed E-state index contributed by atoms with van der Waals surface area (Å²) in [5, 5.41) is 3.27. The van der Waals surface area contributed by atoms with Crippen LogP contribution < -0.4 is 5.32 Å². The number of aromatic nitrogens is 1. The molecule has 5 heteroatoms. The molecule has 0 saturated carbocycles. The largest absolute Gasteiger partial charge is 0.373 e. The van der Waals surface area contributed by atoms with E-state index in [1.54, 1.807) is 19.2 Å². The standard InChI is InChI=1S/C15H22ClN3O/c1-3-4-11-5-7-19(8-6-11)15(20)12-9-13(16)18-14(10-12)17-2/h9-11H,3-8H2,1-2H3,(H,17,18). The predicted molar refractivity (Wildman–Crippen MR) is 82.3 cm³/mol. The second-order valence-electron chi connectivity index (χ2n) is 5.34. The van der Waals surface area contributed by atoms with Crippen LogP contribution in [-0.4, -0.2) is 35.9 Å². The molecule has 1 aliphatic heterocycles. The number of anilines is 1. The number of carbonyl (C=O) groups is 1. The average Bonchev–Trinajstić information content (AvgIpc) is 2.47. The zero-order valence-electron chi connectivity index (χ0n) is 12.2. The fourth-order valence-corrected chi connectivity index (χ4v) is 2.97. The lowest BCUT2D eigenvalue weighted by Gasteiger charge is -2.32. The van der Waals surface area contributed by atoms with E-state index >= 15 is 0 Å². The molecule has 4 nitrogen and oxygen atoms in total. The van der Waals surface area contributed by atoms with Crippen LogP contribution in [0.1, 0.15) is 43.0 Å². The van der Waals surface area contributed by atoms with Crippen molar-refractivity contribution in [1.29, 1.82) is 0 Å². The summed E-state index contributed by atoms with van der Waals surface area (Å²) in [5.41, 5.74) is 0.614. The normalized spacial score (nSPS) is 16.2. The minimum atomic E-state index is 0.0562. The Morgan fingerprint density at radius 2 is 2.15 bits per heavy atom. The van der Waals surface area contributed by atoms with Crippen molar-refractivity contribution in [3.05, 3.63) is 22.8 Å². The van der Waals surface area contributed by atoms with Crippen LogP contribution in [0, 0.1) is 5.92 Å². The molecule has 110 valence electrons. The molecule has 0 bridgehead atoms. The highest BCUT2D eigenvalue weighted by Gasteiger charge is 2.23. The Balaban J connectivity index is 2.03. The third-order valence-electron chi connectivity index (χ3n) is 3.90. The molecule has 20 heavy (non-hydrogen) atoms. The summed E-state index contributed by atoms with van der Waals surface area (Å²) in [5.74, 6) is 1.46. The summed E-state index contributed by atoms with van der Waals surface area (Å²) in [4.78, 5) is 18.5. The molecule has 1 fully saturated rings. The summed E-state index contributed by atoms with van der Waals surface area (Å²) >= 11 is 5.95. The van der Waals surface area contributed by atoms with Gasteiger partial charge in [0.05, 0.1) is 0 Å². The predicted octanol–water partition coefficient (Wildman–Crippen LogP) is 3.43. The van der Waals surface area contributed by atoms with E-state index in [2.05, 4.69) is 17.2 Å². The summed E-state index contributed by atoms with van der Waals surface area (Å²) in [7, 11) is 1.77. The number of hydrogen-bond donors (Lipinski definition) is 1. The second kappa shape index (κ2) is 6.93. The van der Waals surface area contributed by atoms with Gasteiger partial charge >= 0.3 is 0 Å². The summed E-state index contributed by atoms with van der Waals surface area (Å²) in [6.07, 6.45) is 4.71. The molecule has 2 rings (SSSR count). The Hall–Kier alpha value is -1.29. The van der Waals surface area contributed by atoms with Gasteiger partial charge in [-0.25, -0.2) is 4.98 Å². The average molecular weight is 296 g/mol. The highest BCUT2D eigenvalue weighted by atomic mass is 35.5. The lowest BCUT2D eigenvalue weighted by Crippen LogP contribution is -2.38. The highest BCUT2D eigenvalue weighted by Crippen LogP contribution is 2.24. The van der Waals surface area contributed by atoms with E-state index in [1.807, 2.05) is 4.90 Å². The minimum absolute atomic E-state index is 0.0562. The van der Waals surface area contributed by atoms with Gasteiger partial charge in [0.15, 0.2) is 0 Å². The van der Waals surface area contributed by atoms with Crippen molar-refractivity contribution in [2.45, 2.75) is 32.6 Å². The first kappa shape index (κ1) is 15.1. The topological polar surface area (TPSA) is 45.2 Å². The maximum absolute atomic E-state index is 12.5. The van der Waals surface area contributed by atoms with E-state index in [-0.39, 0.29) is 5.91 Å². The molecular weight excluding hydrogens is 274 g/mol. The molecule has 0 aliphatic carbocycles. The third kappa shape index (κ3) is 3.63. The Labute approximate surface area is 125 Å². The molecular formula is C15H22ClN3O. The number of piperidine rings is 1. The fourth-order valence-electron chi connectivity index (χ4n) is 2.76. The van der Waals surface area contributed by atoms with Crippen LogP contribution in [0.4, 0.5) is 5.82 Å². The molecule has 0 radical (unpaired) electrons. The van der Waals surface area contributed by atoms with Crippen LogP contribution in [0.2, 0.25) is 5.15 Å². The summed E-state index contributed by atoms with van der Waals surface area (Å²) in [6, 6.07) is 3.40. The first-order chi connectivity index (χ1) is 9.63. The Bertz CT molecular complexity index is 470. The van der Waals surface area contributed by atoms with Crippen molar-refractivity contribution in [1.82, 2.24) is 9.88 Å². The van der Waals surface area contributed by atoms with Gasteiger partial charge in [-0.05, 0) is 30.9 Å². The molecule has 1 saturated heterocycles. The Kier molecular flexibility index (Phi) is 5.24. The van der Waals surface area contributed by atoms with Crippen LogP contribution >= 0.6 is 11.6 Å². The maximum Gasteiger partial charge on any atom is 0.254 e. The zero-order valence-corrected chi connectivity index (χ0v) is 12.9. The van der Waals surface area contributed by atoms with Crippen molar-refractivity contribution >= 4 is 23.3 Å². The van der Waals surface area contributed by atoms with Crippen molar-refractivity contribution in [3.63, 3.8) is 0 Å². The van der Waals surface area contributed by atoms with Gasteiger partial charge in [0.2, 0.25) is 0 Å². The van der Waals surface area contributed by atoms with Gasteiger partial charge in [-0.15, -0.1) is 0 Å². The van der Waals surface area contributed by atoms with Crippen LogP contribution in [0.25, 0.3) is 0 Å². The number of nitrogens with one attached hydrogen (secondary N) is 1. The van der Waals surface area contributed by atoms with Crippen LogP contribution in [-0.2, 0) is 0 Å². The molecule has 0 atom stereocenters. The van der Waals surface area contributed by atoms with Gasteiger partial charge in [-0.3, -0.25) is 4.79 Å². The molecule has 0 aromatic carbocycles. The third-order valence-corrected chi connectivity index (χ3v) is 4.09. The fraction of sp³-hybridized carbons (Fsp3) is 0.600. The molecule has 1 N–H and O–H groups in total. The number of pyridine rings is 1. The van der Waals surface area contributed by atoms with E-state index in [0.717, 1.165) is 31.8 Å². The zero-order chi connectivity index (χ0) is 14.5. The Morgan fingerprint density at radius 1 is 1.45 bits per heavy atom. The number of likely N-dealkylation sites (tertiary alicyclic amines) is 1. The maximum atomic E-state index is 12.5. The van der Waals surface area contributed by atoms with Gasteiger partial charge < -0.3 is 10.2 Å². The van der Waals surface area contributed by atoms with E-state index in [1.165, 1.54) is 12.8 Å². The van der Waals surface area contributed by atoms with Crippen molar-refractivity contribution in [2.75, 3.05) is 25.5 Å². The number of halogens is 1. The summed E-state index contributed by atoms with van der Waals surface area (Å²) < 4.78 is 0. The molecule has 1 aromatic rings. The number of hydrogen-bond acceptors (Lipinski definition) is 3. The minimum Gasteiger partial charge on any atom is -0.373 e. The monoisotopic (exact) mass is 295 g/mol. The lowest BCUT2D eigenvalue weighted by molar-refractivity contribution is 0.0686. The number of nitrogens with zero attached hydrogens (tertiary/aromatic N) is 2. The quantitative estimate of drug-likeness (QED) is 0.866. The smallest absolute Gasteiger partial charge is 0.254 e. The van der Waals surface area contributed by atoms with Crippen molar-refractivity contribution in [2.24, 2.45) is 5.92 Å². The van der Waals surface area contributed by atoms with E-state index in [0.29, 0.717) is 16.5 Å². The first-order valence-electron chi connectivity index (χ1n) is 7.28. The number of rotatable bonds is 4. The van der Waals surface area contributed by atoms with Gasteiger partial charge in [-0.2, -0.15) is 0 Å². The molecule has 1 amide bonds.